The van der Waals surface area contributed by atoms with Gasteiger partial charge in [0.15, 0.2) is 0 Å². The zero-order chi connectivity index (χ0) is 24.5. The number of ether oxygens (including phenoxy) is 1. The molecule has 0 spiro atoms. The molecule has 0 saturated carbocycles. The Labute approximate surface area is 205 Å². The van der Waals surface area contributed by atoms with Gasteiger partial charge >= 0.3 is 0 Å². The molecule has 4 rings (SSSR count). The number of benzene rings is 2. The van der Waals surface area contributed by atoms with Crippen molar-refractivity contribution < 1.29 is 14.2 Å². The molecule has 1 fully saturated rings. The van der Waals surface area contributed by atoms with Crippen LogP contribution in [0.1, 0.15) is 32.2 Å². The van der Waals surface area contributed by atoms with E-state index in [0.29, 0.717) is 44.2 Å². The standard InChI is InChI=1S/C25H33N5O3S/c1-25(2,3)23-26-19-16-22(33-5)20(15-21(19)29(23)17-18-9-7-6-8-10-18)27-24(31)34-28-11-13-30(4,32)14-12-28/h6-10,15-16H,11-14,17H2,1-5H3,(H,27,31). The third-order valence-electron chi connectivity index (χ3n) is 6.02. The van der Waals surface area contributed by atoms with E-state index in [1.807, 2.05) is 34.6 Å². The Kier molecular flexibility index (Phi) is 6.91. The lowest BCUT2D eigenvalue weighted by atomic mass is 9.95. The molecular weight excluding hydrogens is 450 g/mol. The Morgan fingerprint density at radius 1 is 1.21 bits per heavy atom. The van der Waals surface area contributed by atoms with Crippen LogP contribution in [0.4, 0.5) is 10.5 Å². The molecule has 1 amide bonds. The highest BCUT2D eigenvalue weighted by Gasteiger charge is 2.26. The van der Waals surface area contributed by atoms with Crippen molar-refractivity contribution in [2.75, 3.05) is 45.7 Å². The van der Waals surface area contributed by atoms with Gasteiger partial charge in [0.25, 0.3) is 5.24 Å². The molecule has 9 heteroatoms. The Morgan fingerprint density at radius 3 is 2.50 bits per heavy atom. The number of anilines is 1. The highest BCUT2D eigenvalue weighted by atomic mass is 32.2. The second-order valence-electron chi connectivity index (χ2n) is 9.98. The first-order valence-electron chi connectivity index (χ1n) is 11.5. The fourth-order valence-electron chi connectivity index (χ4n) is 4.13. The van der Waals surface area contributed by atoms with Crippen LogP contribution in [0.15, 0.2) is 42.5 Å². The number of amides is 1. The van der Waals surface area contributed by atoms with Gasteiger partial charge in [-0.3, -0.25) is 4.79 Å². The lowest BCUT2D eigenvalue weighted by Gasteiger charge is -2.44. The van der Waals surface area contributed by atoms with Gasteiger partial charge in [-0.2, -0.15) is 0 Å². The summed E-state index contributed by atoms with van der Waals surface area (Å²) < 4.78 is 9.49. The van der Waals surface area contributed by atoms with Crippen molar-refractivity contribution in [3.8, 4) is 5.75 Å². The van der Waals surface area contributed by atoms with Crippen molar-refractivity contribution in [2.24, 2.45) is 0 Å². The van der Waals surface area contributed by atoms with Crippen LogP contribution in [0.25, 0.3) is 11.0 Å². The Hall–Kier alpha value is -2.59. The predicted molar refractivity (Wildman–Crippen MR) is 138 cm³/mol. The fraction of sp³-hybridized carbons (Fsp3) is 0.440. The molecule has 0 unspecified atom stereocenters. The van der Waals surface area contributed by atoms with Crippen molar-refractivity contribution in [2.45, 2.75) is 32.7 Å². The molecule has 0 aliphatic carbocycles. The highest BCUT2D eigenvalue weighted by molar-refractivity contribution is 8.11. The molecule has 34 heavy (non-hydrogen) atoms. The number of piperazine rings is 1. The van der Waals surface area contributed by atoms with Crippen molar-refractivity contribution in [1.82, 2.24) is 13.9 Å². The van der Waals surface area contributed by atoms with E-state index in [-0.39, 0.29) is 15.3 Å². The van der Waals surface area contributed by atoms with E-state index in [9.17, 15) is 10.0 Å². The summed E-state index contributed by atoms with van der Waals surface area (Å²) in [7, 11) is 3.26. The second kappa shape index (κ2) is 9.58. The molecule has 1 N–H and O–H groups in total. The van der Waals surface area contributed by atoms with Gasteiger partial charge in [0.1, 0.15) is 11.6 Å². The van der Waals surface area contributed by atoms with E-state index < -0.39 is 0 Å². The van der Waals surface area contributed by atoms with Gasteiger partial charge in [-0.05, 0) is 11.6 Å². The summed E-state index contributed by atoms with van der Waals surface area (Å²) >= 11 is 1.11. The minimum Gasteiger partial charge on any atom is -0.633 e. The molecule has 3 aromatic rings. The Balaban J connectivity index is 1.64. The van der Waals surface area contributed by atoms with Crippen LogP contribution in [0.3, 0.4) is 0 Å². The molecule has 0 atom stereocenters. The average Bonchev–Trinajstić information content (AvgIpc) is 3.13. The van der Waals surface area contributed by atoms with E-state index in [2.05, 4.69) is 42.8 Å². The Morgan fingerprint density at radius 2 is 1.88 bits per heavy atom. The van der Waals surface area contributed by atoms with Crippen LogP contribution in [0.2, 0.25) is 0 Å². The normalized spacial score (nSPS) is 16.5. The number of nitrogens with zero attached hydrogens (tertiary/aromatic N) is 4. The first-order valence-corrected chi connectivity index (χ1v) is 12.3. The summed E-state index contributed by atoms with van der Waals surface area (Å²) in [6, 6.07) is 14.1. The number of aromatic nitrogens is 2. The summed E-state index contributed by atoms with van der Waals surface area (Å²) in [4.78, 5) is 17.8. The number of fused-ring (bicyclic) bond motifs is 1. The van der Waals surface area contributed by atoms with Crippen LogP contribution in [0, 0.1) is 5.21 Å². The molecule has 2 aromatic carbocycles. The topological polar surface area (TPSA) is 82.5 Å². The van der Waals surface area contributed by atoms with E-state index in [4.69, 9.17) is 9.72 Å². The molecule has 8 nitrogen and oxygen atoms in total. The average molecular weight is 484 g/mol. The molecule has 2 heterocycles. The zero-order valence-electron chi connectivity index (χ0n) is 20.5. The summed E-state index contributed by atoms with van der Waals surface area (Å²) in [6.45, 7) is 9.23. The number of carbonyl (C=O) groups excluding carboxylic acids is 1. The van der Waals surface area contributed by atoms with Crippen LogP contribution in [-0.2, 0) is 12.0 Å². The number of likely N-dealkylation sites (N-methyl/N-ethyl adjacent to an activating group) is 1. The number of carbonyl (C=O) groups is 1. The highest BCUT2D eigenvalue weighted by Crippen LogP contribution is 2.35. The van der Waals surface area contributed by atoms with Crippen molar-refractivity contribution >= 4 is 33.9 Å². The van der Waals surface area contributed by atoms with Gasteiger partial charge in [0.2, 0.25) is 0 Å². The second-order valence-corrected chi connectivity index (χ2v) is 11.0. The molecule has 1 aromatic heterocycles. The zero-order valence-corrected chi connectivity index (χ0v) is 21.3. The van der Waals surface area contributed by atoms with Crippen LogP contribution in [0.5, 0.6) is 5.75 Å². The number of methoxy groups -OCH3 is 1. The largest absolute Gasteiger partial charge is 0.633 e. The lowest BCUT2D eigenvalue weighted by molar-refractivity contribution is -0.864. The minimum atomic E-state index is -0.259. The molecule has 1 aliphatic heterocycles. The monoisotopic (exact) mass is 483 g/mol. The van der Waals surface area contributed by atoms with E-state index in [0.717, 1.165) is 28.8 Å². The maximum atomic E-state index is 12.8. The summed E-state index contributed by atoms with van der Waals surface area (Å²) in [5.41, 5.74) is 3.38. The number of hydroxylamine groups is 3. The molecule has 0 bridgehead atoms. The SMILES string of the molecule is COc1cc2nc(C(C)(C)C)n(Cc3ccccc3)c2cc1NC(=O)SN1CC[N+](C)([O-])CC1. The van der Waals surface area contributed by atoms with Crippen LogP contribution >= 0.6 is 11.9 Å². The summed E-state index contributed by atoms with van der Waals surface area (Å²) in [5, 5.41) is 14.9. The smallest absolute Gasteiger partial charge is 0.298 e. The van der Waals surface area contributed by atoms with Gasteiger partial charge < -0.3 is 24.5 Å². The van der Waals surface area contributed by atoms with Gasteiger partial charge in [-0.25, -0.2) is 9.29 Å². The van der Waals surface area contributed by atoms with Gasteiger partial charge in [0.05, 0.1) is 57.1 Å². The van der Waals surface area contributed by atoms with Gasteiger partial charge in [-0.1, -0.05) is 51.1 Å². The maximum absolute atomic E-state index is 12.8. The minimum absolute atomic E-state index is 0.164. The van der Waals surface area contributed by atoms with E-state index in [1.54, 1.807) is 14.2 Å². The third kappa shape index (κ3) is 5.55. The van der Waals surface area contributed by atoms with Crippen molar-refractivity contribution in [1.29, 1.82) is 0 Å². The van der Waals surface area contributed by atoms with Gasteiger partial charge in [0, 0.05) is 30.0 Å². The quantitative estimate of drug-likeness (QED) is 0.318. The molecular formula is C25H33N5O3S. The maximum Gasteiger partial charge on any atom is 0.298 e. The van der Waals surface area contributed by atoms with Crippen LogP contribution < -0.4 is 10.1 Å². The van der Waals surface area contributed by atoms with E-state index in [1.165, 1.54) is 5.56 Å². The number of quaternary nitrogens is 1. The number of imidazole rings is 1. The molecule has 0 radical (unpaired) electrons. The van der Waals surface area contributed by atoms with Crippen LogP contribution in [-0.4, -0.2) is 64.1 Å². The Bertz CT molecular complexity index is 1160. The first-order chi connectivity index (χ1) is 16.1. The molecule has 1 aliphatic rings. The van der Waals surface area contributed by atoms with E-state index >= 15 is 0 Å². The summed E-state index contributed by atoms with van der Waals surface area (Å²) in [5.74, 6) is 1.53. The number of hydrogen-bond donors (Lipinski definition) is 1. The molecule has 182 valence electrons. The molecule has 1 saturated heterocycles. The van der Waals surface area contributed by atoms with Crippen molar-refractivity contribution in [3.63, 3.8) is 0 Å². The van der Waals surface area contributed by atoms with Gasteiger partial charge in [-0.15, -0.1) is 0 Å². The number of rotatable bonds is 5. The lowest BCUT2D eigenvalue weighted by Crippen LogP contribution is -2.52. The summed E-state index contributed by atoms with van der Waals surface area (Å²) in [6.07, 6.45) is 0. The predicted octanol–water partition coefficient (Wildman–Crippen LogP) is 4.83. The van der Waals surface area contributed by atoms with Crippen molar-refractivity contribution in [3.05, 3.63) is 59.1 Å². The third-order valence-corrected chi connectivity index (χ3v) is 6.91. The first kappa shape index (κ1) is 24.5. The number of hydrogen-bond acceptors (Lipinski definition) is 6. The number of nitrogens with one attached hydrogen (secondary N) is 1. The fourth-order valence-corrected chi connectivity index (χ4v) is 4.86.